The lowest BCUT2D eigenvalue weighted by Gasteiger charge is -2.32. The Morgan fingerprint density at radius 2 is 1.85 bits per heavy atom. The van der Waals surface area contributed by atoms with E-state index in [0.717, 1.165) is 11.0 Å². The first-order valence-corrected chi connectivity index (χ1v) is 8.99. The number of rotatable bonds is 6. The third-order valence-corrected chi connectivity index (χ3v) is 5.63. The van der Waals surface area contributed by atoms with Gasteiger partial charge in [-0.3, -0.25) is 4.79 Å². The minimum atomic E-state index is -0.700. The topological polar surface area (TPSA) is 66.9 Å². The van der Waals surface area contributed by atoms with Gasteiger partial charge >= 0.3 is 13.1 Å². The van der Waals surface area contributed by atoms with Crippen LogP contribution in [-0.4, -0.2) is 43.0 Å². The first-order valence-electron chi connectivity index (χ1n) is 8.99. The number of carbonyl (C=O) groups is 1. The summed E-state index contributed by atoms with van der Waals surface area (Å²) >= 11 is 0. The summed E-state index contributed by atoms with van der Waals surface area (Å²) in [4.78, 5) is 16.3. The Morgan fingerprint density at radius 1 is 1.27 bits per heavy atom. The molecule has 7 heteroatoms. The van der Waals surface area contributed by atoms with Gasteiger partial charge in [-0.05, 0) is 53.5 Å². The van der Waals surface area contributed by atoms with Gasteiger partial charge in [0.15, 0.2) is 0 Å². The molecule has 0 aromatic carbocycles. The molecule has 0 bridgehead atoms. The molecule has 0 spiro atoms. The van der Waals surface area contributed by atoms with Crippen molar-refractivity contribution < 1.29 is 23.6 Å². The first-order chi connectivity index (χ1) is 12.0. The molecule has 1 fully saturated rings. The fourth-order valence-electron chi connectivity index (χ4n) is 2.62. The standard InChI is InChI=1S/C19H30BNO5/c1-9-19(7,16(22)23-8)12-24-15-10-13(2)14(11-21-15)20-25-17(3,4)18(5,6)26-20/h10-11H,9,12H2,1-8H3. The highest BCUT2D eigenvalue weighted by molar-refractivity contribution is 6.62. The molecule has 1 aromatic rings. The lowest BCUT2D eigenvalue weighted by molar-refractivity contribution is -0.153. The molecule has 144 valence electrons. The summed E-state index contributed by atoms with van der Waals surface area (Å²) < 4.78 is 22.8. The van der Waals surface area contributed by atoms with Gasteiger partial charge in [-0.1, -0.05) is 6.92 Å². The number of carbonyl (C=O) groups excluding carboxylic acids is 1. The summed E-state index contributed by atoms with van der Waals surface area (Å²) in [6.07, 6.45) is 2.33. The van der Waals surface area contributed by atoms with Gasteiger partial charge in [0.1, 0.15) is 6.61 Å². The lowest BCUT2D eigenvalue weighted by atomic mass is 9.77. The highest BCUT2D eigenvalue weighted by Crippen LogP contribution is 2.36. The number of esters is 1. The Labute approximate surface area is 156 Å². The third kappa shape index (κ3) is 3.88. The van der Waals surface area contributed by atoms with Crippen LogP contribution in [0, 0.1) is 12.3 Å². The predicted octanol–water partition coefficient (Wildman–Crippen LogP) is 2.66. The number of methoxy groups -OCH3 is 1. The zero-order valence-electron chi connectivity index (χ0n) is 17.1. The van der Waals surface area contributed by atoms with Crippen molar-refractivity contribution in [3.8, 4) is 5.88 Å². The Morgan fingerprint density at radius 3 is 2.31 bits per heavy atom. The van der Waals surface area contributed by atoms with Crippen LogP contribution in [0.3, 0.4) is 0 Å². The largest absolute Gasteiger partial charge is 0.496 e. The fourth-order valence-corrected chi connectivity index (χ4v) is 2.62. The second-order valence-electron chi connectivity index (χ2n) is 8.16. The van der Waals surface area contributed by atoms with E-state index in [1.54, 1.807) is 6.20 Å². The molecule has 1 unspecified atom stereocenters. The third-order valence-electron chi connectivity index (χ3n) is 5.63. The second-order valence-corrected chi connectivity index (χ2v) is 8.16. The van der Waals surface area contributed by atoms with Crippen molar-refractivity contribution in [2.45, 2.75) is 66.1 Å². The Bertz CT molecular complexity index is 660. The monoisotopic (exact) mass is 363 g/mol. The molecule has 1 aromatic heterocycles. The van der Waals surface area contributed by atoms with Crippen LogP contribution in [0.4, 0.5) is 0 Å². The minimum absolute atomic E-state index is 0.207. The fraction of sp³-hybridized carbons (Fsp3) is 0.684. The number of nitrogens with zero attached hydrogens (tertiary/aromatic N) is 1. The van der Waals surface area contributed by atoms with Crippen molar-refractivity contribution in [3.05, 3.63) is 17.8 Å². The molecular formula is C19H30BNO5. The maximum Gasteiger partial charge on any atom is 0.496 e. The molecule has 0 saturated carbocycles. The van der Waals surface area contributed by atoms with Crippen LogP contribution >= 0.6 is 0 Å². The number of aromatic nitrogens is 1. The van der Waals surface area contributed by atoms with Crippen LogP contribution < -0.4 is 10.2 Å². The van der Waals surface area contributed by atoms with Gasteiger partial charge < -0.3 is 18.8 Å². The van der Waals surface area contributed by atoms with Gasteiger partial charge in [0.05, 0.1) is 23.7 Å². The van der Waals surface area contributed by atoms with Gasteiger partial charge in [0.2, 0.25) is 5.88 Å². The van der Waals surface area contributed by atoms with Crippen LogP contribution in [0.5, 0.6) is 5.88 Å². The quantitative estimate of drug-likeness (QED) is 0.572. The van der Waals surface area contributed by atoms with Crippen LogP contribution in [-0.2, 0) is 18.8 Å². The maximum absolute atomic E-state index is 11.9. The molecular weight excluding hydrogens is 333 g/mol. The smallest absolute Gasteiger partial charge is 0.476 e. The molecule has 0 aliphatic carbocycles. The molecule has 2 heterocycles. The predicted molar refractivity (Wildman–Crippen MR) is 101 cm³/mol. The van der Waals surface area contributed by atoms with Crippen molar-refractivity contribution in [1.82, 2.24) is 4.98 Å². The average Bonchev–Trinajstić information content (AvgIpc) is 2.79. The lowest BCUT2D eigenvalue weighted by Crippen LogP contribution is -2.41. The van der Waals surface area contributed by atoms with E-state index in [9.17, 15) is 4.79 Å². The molecule has 1 aliphatic heterocycles. The van der Waals surface area contributed by atoms with E-state index < -0.39 is 23.7 Å². The van der Waals surface area contributed by atoms with E-state index >= 15 is 0 Å². The van der Waals surface area contributed by atoms with Gasteiger partial charge in [0, 0.05) is 17.7 Å². The van der Waals surface area contributed by atoms with Gasteiger partial charge in [-0.15, -0.1) is 0 Å². The summed E-state index contributed by atoms with van der Waals surface area (Å²) in [5.41, 5.74) is 0.340. The van der Waals surface area contributed by atoms with E-state index in [1.807, 2.05) is 54.5 Å². The highest BCUT2D eigenvalue weighted by atomic mass is 16.7. The molecule has 1 saturated heterocycles. The SMILES string of the molecule is CCC(C)(COc1cc(C)c(B2OC(C)(C)C(C)(C)O2)cn1)C(=O)OC. The Kier molecular flexibility index (Phi) is 5.73. The molecule has 26 heavy (non-hydrogen) atoms. The molecule has 0 amide bonds. The van der Waals surface area contributed by atoms with E-state index in [2.05, 4.69) is 4.98 Å². The first kappa shape index (κ1) is 20.7. The van der Waals surface area contributed by atoms with Gasteiger partial charge in [-0.2, -0.15) is 0 Å². The number of ether oxygens (including phenoxy) is 2. The number of pyridine rings is 1. The molecule has 6 nitrogen and oxygen atoms in total. The van der Waals surface area contributed by atoms with Crippen molar-refractivity contribution in [3.63, 3.8) is 0 Å². The highest BCUT2D eigenvalue weighted by Gasteiger charge is 2.52. The molecule has 1 atom stereocenters. The van der Waals surface area contributed by atoms with Crippen molar-refractivity contribution in [1.29, 1.82) is 0 Å². The van der Waals surface area contributed by atoms with Crippen LogP contribution in [0.15, 0.2) is 12.3 Å². The van der Waals surface area contributed by atoms with E-state index in [1.165, 1.54) is 7.11 Å². The van der Waals surface area contributed by atoms with Crippen LogP contribution in [0.1, 0.15) is 53.5 Å². The van der Waals surface area contributed by atoms with Crippen molar-refractivity contribution in [2.24, 2.45) is 5.41 Å². The van der Waals surface area contributed by atoms with E-state index in [0.29, 0.717) is 12.3 Å². The Balaban J connectivity index is 2.12. The van der Waals surface area contributed by atoms with E-state index in [4.69, 9.17) is 18.8 Å². The number of hydrogen-bond acceptors (Lipinski definition) is 6. The zero-order chi connectivity index (χ0) is 19.8. The minimum Gasteiger partial charge on any atom is -0.476 e. The number of hydrogen-bond donors (Lipinski definition) is 0. The van der Waals surface area contributed by atoms with Gasteiger partial charge in [0.25, 0.3) is 0 Å². The van der Waals surface area contributed by atoms with Crippen LogP contribution in [0.2, 0.25) is 0 Å². The Hall–Kier alpha value is -1.60. The van der Waals surface area contributed by atoms with Crippen molar-refractivity contribution >= 4 is 18.6 Å². The van der Waals surface area contributed by atoms with Crippen molar-refractivity contribution in [2.75, 3.05) is 13.7 Å². The maximum atomic E-state index is 11.9. The van der Waals surface area contributed by atoms with E-state index in [-0.39, 0.29) is 12.6 Å². The average molecular weight is 363 g/mol. The summed E-state index contributed by atoms with van der Waals surface area (Å²) in [6.45, 7) is 14.0. The summed E-state index contributed by atoms with van der Waals surface area (Å²) in [6, 6.07) is 1.84. The molecule has 0 N–H and O–H groups in total. The molecule has 1 aliphatic rings. The summed E-state index contributed by atoms with van der Waals surface area (Å²) in [7, 11) is 0.926. The summed E-state index contributed by atoms with van der Waals surface area (Å²) in [5, 5.41) is 0. The number of aryl methyl sites for hydroxylation is 1. The van der Waals surface area contributed by atoms with Gasteiger partial charge in [-0.25, -0.2) is 4.98 Å². The zero-order valence-corrected chi connectivity index (χ0v) is 17.1. The summed E-state index contributed by atoms with van der Waals surface area (Å²) in [5.74, 6) is 0.178. The molecule has 0 radical (unpaired) electrons. The van der Waals surface area contributed by atoms with Crippen LogP contribution in [0.25, 0.3) is 0 Å². The normalized spacial score (nSPS) is 20.5. The second kappa shape index (κ2) is 7.20. The molecule has 2 rings (SSSR count).